The molecule has 0 aromatic carbocycles. The molecule has 0 N–H and O–H groups in total. The van der Waals surface area contributed by atoms with Gasteiger partial charge in [-0.05, 0) is 0 Å². The SMILES string of the molecule is [Se-][P+]1(C2=C=CC=C2)[Se][Se][P+]([Se-])(C2=C=CC=C2)[Se][Se]1. The predicted octanol–water partition coefficient (Wildman–Crippen LogP) is 1.73. The van der Waals surface area contributed by atoms with E-state index in [1.165, 1.54) is 0 Å². The van der Waals surface area contributed by atoms with Crippen molar-refractivity contribution in [2.75, 3.05) is 0 Å². The molecular weight excluding hydrogens is 656 g/mol. The zero-order valence-electron chi connectivity index (χ0n) is 8.81. The van der Waals surface area contributed by atoms with Gasteiger partial charge in [0.2, 0.25) is 0 Å². The van der Waals surface area contributed by atoms with E-state index in [1.807, 2.05) is 0 Å². The fraction of sp³-hybridized carbons (Fsp3) is 0. The predicted molar refractivity (Wildman–Crippen MR) is 89.8 cm³/mol. The molecule has 0 atom stereocenters. The van der Waals surface area contributed by atoms with Crippen molar-refractivity contribution in [1.29, 1.82) is 0 Å². The topological polar surface area (TPSA) is 0 Å². The molecule has 1 saturated heterocycles. The number of allylic oxidation sites excluding steroid dienone is 6. The first-order chi connectivity index (χ1) is 8.62. The van der Waals surface area contributed by atoms with E-state index in [4.69, 9.17) is 0 Å². The van der Waals surface area contributed by atoms with Crippen molar-refractivity contribution in [2.45, 2.75) is 0 Å². The average Bonchev–Trinajstić information content (AvgIpc) is 3.05. The van der Waals surface area contributed by atoms with Crippen LogP contribution in [0.1, 0.15) is 0 Å². The molecule has 1 aliphatic heterocycles. The van der Waals surface area contributed by atoms with Crippen molar-refractivity contribution in [3.8, 4) is 0 Å². The minimum atomic E-state index is -0.856. The third-order valence-corrected chi connectivity index (χ3v) is 142. The molecule has 3 rings (SSSR count). The molecule has 18 heavy (non-hydrogen) atoms. The van der Waals surface area contributed by atoms with Crippen LogP contribution < -0.4 is 0 Å². The van der Waals surface area contributed by atoms with E-state index in [0.29, 0.717) is 0 Å². The first-order valence-electron chi connectivity index (χ1n) is 4.86. The molecule has 3 aliphatic rings. The van der Waals surface area contributed by atoms with Crippen molar-refractivity contribution in [3.63, 3.8) is 0 Å². The van der Waals surface area contributed by atoms with E-state index in [-0.39, 0.29) is 0 Å². The van der Waals surface area contributed by atoms with Crippen LogP contribution in [-0.2, 0) is 0 Å². The van der Waals surface area contributed by atoms with E-state index in [2.05, 4.69) is 79.1 Å². The summed E-state index contributed by atoms with van der Waals surface area (Å²) < 4.78 is -1.71. The molecule has 1 heterocycles. The first-order valence-corrected chi connectivity index (χ1v) is 30.4. The molecule has 1 fully saturated rings. The Labute approximate surface area is 145 Å². The Bertz CT molecular complexity index is 517. The van der Waals surface area contributed by atoms with E-state index in [9.17, 15) is 0 Å². The summed E-state index contributed by atoms with van der Waals surface area (Å²) in [6, 6.07) is 0. The molecule has 0 radical (unpaired) electrons. The Hall–Kier alpha value is 2.50. The van der Waals surface area contributed by atoms with Crippen LogP contribution >= 0.6 is 6.66 Å². The monoisotopic (exact) mass is 667 g/mol. The summed E-state index contributed by atoms with van der Waals surface area (Å²) in [4.78, 5) is 0. The minimum absolute atomic E-state index is 0.814. The quantitative estimate of drug-likeness (QED) is 0.241. The van der Waals surface area contributed by atoms with Gasteiger partial charge >= 0.3 is 147 Å². The average molecular weight is 662 g/mol. The summed E-state index contributed by atoms with van der Waals surface area (Å²) in [6.07, 6.45) is 13.1. The van der Waals surface area contributed by atoms with E-state index in [1.54, 1.807) is 10.6 Å². The molecule has 0 amide bonds. The van der Waals surface area contributed by atoms with Crippen molar-refractivity contribution in [3.05, 3.63) is 58.5 Å². The van der Waals surface area contributed by atoms with Gasteiger partial charge in [0.1, 0.15) is 0 Å². The van der Waals surface area contributed by atoms with Crippen LogP contribution in [0.4, 0.5) is 0 Å². The molecule has 92 valence electrons. The Morgan fingerprint density at radius 3 is 1.44 bits per heavy atom. The third kappa shape index (κ3) is 3.14. The maximum absolute atomic E-state index is 3.64. The van der Waals surface area contributed by atoms with Gasteiger partial charge in [0, 0.05) is 0 Å². The van der Waals surface area contributed by atoms with Gasteiger partial charge in [-0.1, -0.05) is 0 Å². The molecular formula is C10H6P2Se6. The summed E-state index contributed by atoms with van der Waals surface area (Å²) in [7, 11) is 0. The van der Waals surface area contributed by atoms with Gasteiger partial charge in [0.25, 0.3) is 0 Å². The summed E-state index contributed by atoms with van der Waals surface area (Å²) in [5.41, 5.74) is 6.95. The third-order valence-electron chi connectivity index (χ3n) is 2.21. The van der Waals surface area contributed by atoms with Crippen molar-refractivity contribution in [1.82, 2.24) is 0 Å². The van der Waals surface area contributed by atoms with Gasteiger partial charge in [-0.3, -0.25) is 0 Å². The van der Waals surface area contributed by atoms with Crippen LogP contribution in [0, 0.1) is 0 Å². The molecule has 0 spiro atoms. The summed E-state index contributed by atoms with van der Waals surface area (Å²) in [6.45, 7) is 0. The fourth-order valence-electron chi connectivity index (χ4n) is 1.34. The normalized spacial score (nSPS) is 37.2. The Kier molecular flexibility index (Phi) is 5.40. The van der Waals surface area contributed by atoms with E-state index in [0.717, 1.165) is 50.8 Å². The van der Waals surface area contributed by atoms with Crippen LogP contribution in [0.3, 0.4) is 0 Å². The van der Waals surface area contributed by atoms with Crippen molar-refractivity contribution in [2.24, 2.45) is 0 Å². The van der Waals surface area contributed by atoms with E-state index < -0.39 is 6.66 Å². The van der Waals surface area contributed by atoms with Crippen LogP contribution in [0.25, 0.3) is 0 Å². The van der Waals surface area contributed by atoms with Gasteiger partial charge < -0.3 is 0 Å². The Morgan fingerprint density at radius 2 is 1.17 bits per heavy atom. The Balaban J connectivity index is 1.79. The van der Waals surface area contributed by atoms with Gasteiger partial charge in [0.15, 0.2) is 0 Å². The van der Waals surface area contributed by atoms with Crippen LogP contribution in [0.5, 0.6) is 0 Å². The number of hydrogen-bond donors (Lipinski definition) is 0. The fourth-order valence-corrected chi connectivity index (χ4v) is 227. The van der Waals surface area contributed by atoms with Gasteiger partial charge in [-0.15, -0.1) is 0 Å². The van der Waals surface area contributed by atoms with Crippen LogP contribution in [0.2, 0.25) is 0 Å². The molecule has 2 aliphatic carbocycles. The molecule has 8 heteroatoms. The summed E-state index contributed by atoms with van der Waals surface area (Å²) >= 11 is 10.5. The molecule has 0 aromatic heterocycles. The summed E-state index contributed by atoms with van der Waals surface area (Å²) in [5, 5.41) is 3.09. The Morgan fingerprint density at radius 1 is 0.778 bits per heavy atom. The zero-order chi connectivity index (χ0) is 12.6. The second kappa shape index (κ2) is 6.32. The van der Waals surface area contributed by atoms with Crippen LogP contribution in [0.15, 0.2) is 58.5 Å². The standard InChI is InChI=1S/C10H6P2Se6/c13-11(9-5-1-2-6-9)15-17-12(14,18-16-11)10-7-3-4-8-10/h1-5,7H. The molecule has 0 aromatic rings. The number of rotatable bonds is 2. The summed E-state index contributed by atoms with van der Waals surface area (Å²) in [5.74, 6) is 0. The van der Waals surface area contributed by atoms with E-state index >= 15 is 0 Å². The second-order valence-electron chi connectivity index (χ2n) is 3.40. The van der Waals surface area contributed by atoms with Gasteiger partial charge in [0.05, 0.1) is 0 Å². The molecule has 0 nitrogen and oxygen atoms in total. The van der Waals surface area contributed by atoms with Crippen LogP contribution in [-0.4, -0.2) is 81.9 Å². The first kappa shape index (κ1) is 15.4. The molecule has 0 unspecified atom stereocenters. The maximum atomic E-state index is 3.64. The number of hydrogen-bond acceptors (Lipinski definition) is 0. The molecule has 0 bridgehead atoms. The second-order valence-corrected chi connectivity index (χ2v) is 72.0. The zero-order valence-corrected chi connectivity index (χ0v) is 20.9. The van der Waals surface area contributed by atoms with Crippen molar-refractivity contribution < 1.29 is 0 Å². The van der Waals surface area contributed by atoms with Gasteiger partial charge in [-0.2, -0.15) is 0 Å². The van der Waals surface area contributed by atoms with Crippen molar-refractivity contribution >= 4 is 88.6 Å². The van der Waals surface area contributed by atoms with Gasteiger partial charge in [-0.25, -0.2) is 0 Å². The molecule has 0 saturated carbocycles.